The highest BCUT2D eigenvalue weighted by Crippen LogP contribution is 2.30. The highest BCUT2D eigenvalue weighted by Gasteiger charge is 2.31. The third-order valence-electron chi connectivity index (χ3n) is 4.98. The molecule has 158 valence electrons. The Morgan fingerprint density at radius 3 is 2.34 bits per heavy atom. The van der Waals surface area contributed by atoms with E-state index in [0.29, 0.717) is 31.2 Å². The first-order valence-electron chi connectivity index (χ1n) is 9.34. The Morgan fingerprint density at radius 2 is 1.76 bits per heavy atom. The summed E-state index contributed by atoms with van der Waals surface area (Å²) < 4.78 is 71.6. The van der Waals surface area contributed by atoms with Gasteiger partial charge in [-0.25, -0.2) is 18.1 Å². The van der Waals surface area contributed by atoms with Crippen molar-refractivity contribution in [3.05, 3.63) is 53.2 Å². The van der Waals surface area contributed by atoms with Crippen LogP contribution in [0.4, 0.5) is 13.2 Å². The standard InChI is InChI=1S/C20H23F3N2O3S/c1-13-3-4-14(2)18(11-13)29(26,27)25-16-6-8-17(9-7-16)28-19-10-5-15(12-24-19)20(21,22)23/h3-5,10-12,16-17,25H,6-9H2,1-2H3. The van der Waals surface area contributed by atoms with Crippen molar-refractivity contribution < 1.29 is 26.3 Å². The van der Waals surface area contributed by atoms with Crippen LogP contribution in [0.1, 0.15) is 42.4 Å². The Labute approximate surface area is 168 Å². The Hall–Kier alpha value is -2.13. The minimum absolute atomic E-state index is 0.136. The van der Waals surface area contributed by atoms with E-state index < -0.39 is 21.8 Å². The van der Waals surface area contributed by atoms with Crippen molar-refractivity contribution in [3.8, 4) is 5.88 Å². The lowest BCUT2D eigenvalue weighted by Crippen LogP contribution is -2.39. The predicted octanol–water partition coefficient (Wildman–Crippen LogP) is 4.39. The lowest BCUT2D eigenvalue weighted by Gasteiger charge is -2.29. The summed E-state index contributed by atoms with van der Waals surface area (Å²) in [5.41, 5.74) is 0.736. The number of halogens is 3. The van der Waals surface area contributed by atoms with Gasteiger partial charge in [-0.2, -0.15) is 13.2 Å². The van der Waals surface area contributed by atoms with E-state index in [4.69, 9.17) is 4.74 Å². The van der Waals surface area contributed by atoms with Crippen LogP contribution < -0.4 is 9.46 Å². The van der Waals surface area contributed by atoms with Crippen LogP contribution in [0, 0.1) is 13.8 Å². The first-order valence-corrected chi connectivity index (χ1v) is 10.8. The third-order valence-corrected chi connectivity index (χ3v) is 6.64. The second-order valence-electron chi connectivity index (χ2n) is 7.36. The molecule has 0 saturated heterocycles. The van der Waals surface area contributed by atoms with Gasteiger partial charge in [0.2, 0.25) is 15.9 Å². The van der Waals surface area contributed by atoms with E-state index in [9.17, 15) is 21.6 Å². The summed E-state index contributed by atoms with van der Waals surface area (Å²) in [6.45, 7) is 3.60. The van der Waals surface area contributed by atoms with Crippen molar-refractivity contribution in [1.29, 1.82) is 0 Å². The van der Waals surface area contributed by atoms with E-state index in [0.717, 1.165) is 17.8 Å². The number of ether oxygens (including phenoxy) is 1. The van der Waals surface area contributed by atoms with Gasteiger partial charge in [-0.3, -0.25) is 0 Å². The van der Waals surface area contributed by atoms with Crippen molar-refractivity contribution in [2.45, 2.75) is 62.7 Å². The van der Waals surface area contributed by atoms with Gasteiger partial charge in [-0.1, -0.05) is 12.1 Å². The van der Waals surface area contributed by atoms with Gasteiger partial charge in [0.05, 0.1) is 10.5 Å². The minimum atomic E-state index is -4.43. The fourth-order valence-electron chi connectivity index (χ4n) is 3.37. The maximum absolute atomic E-state index is 12.7. The lowest BCUT2D eigenvalue weighted by molar-refractivity contribution is -0.137. The predicted molar refractivity (Wildman–Crippen MR) is 102 cm³/mol. The molecule has 2 aromatic rings. The molecule has 3 rings (SSSR count). The first kappa shape index (κ1) is 21.6. The quantitative estimate of drug-likeness (QED) is 0.767. The third kappa shape index (κ3) is 5.48. The highest BCUT2D eigenvalue weighted by atomic mass is 32.2. The van der Waals surface area contributed by atoms with Crippen molar-refractivity contribution in [2.75, 3.05) is 0 Å². The van der Waals surface area contributed by atoms with Crippen LogP contribution in [0.15, 0.2) is 41.4 Å². The molecule has 0 radical (unpaired) electrons. The van der Waals surface area contributed by atoms with Gasteiger partial charge in [0.15, 0.2) is 0 Å². The summed E-state index contributed by atoms with van der Waals surface area (Å²) >= 11 is 0. The average molecular weight is 428 g/mol. The van der Waals surface area contributed by atoms with E-state index in [-0.39, 0.29) is 22.9 Å². The molecule has 1 aliphatic rings. The van der Waals surface area contributed by atoms with E-state index >= 15 is 0 Å². The van der Waals surface area contributed by atoms with E-state index in [1.54, 1.807) is 19.1 Å². The van der Waals surface area contributed by atoms with E-state index in [1.807, 2.05) is 13.0 Å². The summed E-state index contributed by atoms with van der Waals surface area (Å²) in [5, 5.41) is 0. The highest BCUT2D eigenvalue weighted by molar-refractivity contribution is 7.89. The molecule has 0 aliphatic heterocycles. The second-order valence-corrected chi connectivity index (χ2v) is 9.05. The monoisotopic (exact) mass is 428 g/mol. The van der Waals surface area contributed by atoms with Crippen molar-refractivity contribution >= 4 is 10.0 Å². The molecule has 1 aromatic heterocycles. The Bertz CT molecular complexity index is 952. The molecule has 5 nitrogen and oxygen atoms in total. The number of hydrogen-bond acceptors (Lipinski definition) is 4. The van der Waals surface area contributed by atoms with Crippen LogP contribution in [-0.4, -0.2) is 25.5 Å². The molecule has 1 aromatic carbocycles. The molecule has 1 N–H and O–H groups in total. The fraction of sp³-hybridized carbons (Fsp3) is 0.450. The van der Waals surface area contributed by atoms with Gasteiger partial charge < -0.3 is 4.74 Å². The molecule has 0 bridgehead atoms. The van der Waals surface area contributed by atoms with E-state index in [2.05, 4.69) is 9.71 Å². The molecular formula is C20H23F3N2O3S. The van der Waals surface area contributed by atoms with Crippen molar-refractivity contribution in [3.63, 3.8) is 0 Å². The Morgan fingerprint density at radius 1 is 1.07 bits per heavy atom. The fourth-order valence-corrected chi connectivity index (χ4v) is 5.00. The molecule has 0 unspecified atom stereocenters. The molecule has 9 heteroatoms. The molecule has 1 aliphatic carbocycles. The Balaban J connectivity index is 1.56. The molecular weight excluding hydrogens is 405 g/mol. The zero-order chi connectivity index (χ0) is 21.2. The minimum Gasteiger partial charge on any atom is -0.474 e. The van der Waals surface area contributed by atoms with Gasteiger partial charge in [0.25, 0.3) is 0 Å². The van der Waals surface area contributed by atoms with Crippen LogP contribution >= 0.6 is 0 Å². The topological polar surface area (TPSA) is 68.3 Å². The largest absolute Gasteiger partial charge is 0.474 e. The number of nitrogens with one attached hydrogen (secondary N) is 1. The summed E-state index contributed by atoms with van der Waals surface area (Å²) in [6.07, 6.45) is -1.56. The Kier molecular flexibility index (Phi) is 6.19. The van der Waals surface area contributed by atoms with Crippen molar-refractivity contribution in [1.82, 2.24) is 9.71 Å². The van der Waals surface area contributed by atoms with E-state index in [1.165, 1.54) is 6.07 Å². The number of rotatable bonds is 5. The summed E-state index contributed by atoms with van der Waals surface area (Å²) in [6, 6.07) is 7.24. The first-order chi connectivity index (χ1) is 13.5. The van der Waals surface area contributed by atoms with Crippen LogP contribution in [0.5, 0.6) is 5.88 Å². The molecule has 1 fully saturated rings. The van der Waals surface area contributed by atoms with Gasteiger partial charge in [-0.05, 0) is 62.8 Å². The van der Waals surface area contributed by atoms with Crippen LogP contribution in [-0.2, 0) is 16.2 Å². The number of nitrogens with zero attached hydrogens (tertiary/aromatic N) is 1. The number of aromatic nitrogens is 1. The molecule has 0 atom stereocenters. The van der Waals surface area contributed by atoms with Crippen LogP contribution in [0.25, 0.3) is 0 Å². The van der Waals surface area contributed by atoms with Gasteiger partial charge >= 0.3 is 6.18 Å². The SMILES string of the molecule is Cc1ccc(C)c(S(=O)(=O)NC2CCC(Oc3ccc(C(F)(F)F)cn3)CC2)c1. The number of hydrogen-bond donors (Lipinski definition) is 1. The number of pyridine rings is 1. The molecule has 1 heterocycles. The zero-order valence-electron chi connectivity index (χ0n) is 16.2. The summed E-state index contributed by atoms with van der Waals surface area (Å²) in [5.74, 6) is 0.136. The summed E-state index contributed by atoms with van der Waals surface area (Å²) in [7, 11) is -3.62. The van der Waals surface area contributed by atoms with Crippen molar-refractivity contribution in [2.24, 2.45) is 0 Å². The zero-order valence-corrected chi connectivity index (χ0v) is 17.0. The molecule has 29 heavy (non-hydrogen) atoms. The van der Waals surface area contributed by atoms with Crippen LogP contribution in [0.2, 0.25) is 0 Å². The smallest absolute Gasteiger partial charge is 0.417 e. The lowest BCUT2D eigenvalue weighted by atomic mass is 9.94. The number of aryl methyl sites for hydroxylation is 2. The number of benzene rings is 1. The normalized spacial score (nSPS) is 20.4. The number of alkyl halides is 3. The summed E-state index contributed by atoms with van der Waals surface area (Å²) in [4.78, 5) is 4.00. The van der Waals surface area contributed by atoms with Gasteiger partial charge in [-0.15, -0.1) is 0 Å². The average Bonchev–Trinajstić information content (AvgIpc) is 2.65. The number of sulfonamides is 1. The maximum Gasteiger partial charge on any atom is 0.417 e. The molecule has 0 spiro atoms. The maximum atomic E-state index is 12.7. The van der Waals surface area contributed by atoms with Crippen LogP contribution in [0.3, 0.4) is 0 Å². The van der Waals surface area contributed by atoms with Gasteiger partial charge in [0, 0.05) is 18.3 Å². The van der Waals surface area contributed by atoms with Gasteiger partial charge in [0.1, 0.15) is 6.10 Å². The molecule has 0 amide bonds. The molecule has 1 saturated carbocycles. The second kappa shape index (κ2) is 8.31.